The van der Waals surface area contributed by atoms with Crippen LogP contribution in [-0.2, 0) is 0 Å². The summed E-state index contributed by atoms with van der Waals surface area (Å²) in [4.78, 5) is 6.82. The molecule has 0 bridgehead atoms. The van der Waals surface area contributed by atoms with E-state index in [9.17, 15) is 0 Å². The zero-order valence-corrected chi connectivity index (χ0v) is 12.5. The van der Waals surface area contributed by atoms with Crippen molar-refractivity contribution in [2.45, 2.75) is 58.5 Å². The second-order valence-corrected chi connectivity index (χ2v) is 5.53. The van der Waals surface area contributed by atoms with E-state index in [-0.39, 0.29) is 0 Å². The molecule has 0 amide bonds. The summed E-state index contributed by atoms with van der Waals surface area (Å²) in [7, 11) is 1.82. The molecule has 1 fully saturated rings. The Labute approximate surface area is 112 Å². The van der Waals surface area contributed by atoms with Gasteiger partial charge in [0.25, 0.3) is 0 Å². The molecular formula is C14H30N4. The molecule has 0 aromatic rings. The Kier molecular flexibility index (Phi) is 7.09. The zero-order chi connectivity index (χ0) is 13.4. The van der Waals surface area contributed by atoms with Crippen LogP contribution in [0.5, 0.6) is 0 Å². The Morgan fingerprint density at radius 3 is 2.78 bits per heavy atom. The van der Waals surface area contributed by atoms with Crippen LogP contribution >= 0.6 is 0 Å². The molecule has 0 spiro atoms. The first-order valence-corrected chi connectivity index (χ1v) is 7.34. The highest BCUT2D eigenvalue weighted by Gasteiger charge is 2.16. The zero-order valence-electron chi connectivity index (χ0n) is 12.5. The first kappa shape index (κ1) is 15.3. The lowest BCUT2D eigenvalue weighted by atomic mass is 10.0. The number of likely N-dealkylation sites (tertiary alicyclic amines) is 1. The number of guanidine groups is 1. The molecule has 0 radical (unpaired) electrons. The van der Waals surface area contributed by atoms with Crippen molar-refractivity contribution in [3.8, 4) is 0 Å². The van der Waals surface area contributed by atoms with Crippen LogP contribution in [0.2, 0.25) is 0 Å². The van der Waals surface area contributed by atoms with Crippen molar-refractivity contribution in [1.82, 2.24) is 15.5 Å². The SMILES string of the molecule is CN=C(NCCCN1CCCCC1C)NC(C)C. The van der Waals surface area contributed by atoms with Gasteiger partial charge in [0.2, 0.25) is 0 Å². The van der Waals surface area contributed by atoms with E-state index in [1.807, 2.05) is 7.05 Å². The standard InChI is InChI=1S/C14H30N4/c1-12(2)17-14(15-4)16-9-7-11-18-10-6-5-8-13(18)3/h12-13H,5-11H2,1-4H3,(H2,15,16,17). The Morgan fingerprint density at radius 2 is 2.17 bits per heavy atom. The predicted molar refractivity (Wildman–Crippen MR) is 79.1 cm³/mol. The van der Waals surface area contributed by atoms with Gasteiger partial charge in [-0.25, -0.2) is 0 Å². The first-order chi connectivity index (χ1) is 8.63. The molecular weight excluding hydrogens is 224 g/mol. The molecule has 4 heteroatoms. The van der Waals surface area contributed by atoms with Crippen LogP contribution in [0, 0.1) is 0 Å². The molecule has 0 aliphatic carbocycles. The van der Waals surface area contributed by atoms with Crippen LogP contribution in [-0.4, -0.2) is 49.6 Å². The maximum Gasteiger partial charge on any atom is 0.191 e. The van der Waals surface area contributed by atoms with Crippen molar-refractivity contribution in [3.63, 3.8) is 0 Å². The first-order valence-electron chi connectivity index (χ1n) is 7.34. The third-order valence-corrected chi connectivity index (χ3v) is 3.50. The molecule has 1 heterocycles. The number of hydrogen-bond donors (Lipinski definition) is 2. The van der Waals surface area contributed by atoms with E-state index < -0.39 is 0 Å². The van der Waals surface area contributed by atoms with Crippen LogP contribution in [0.25, 0.3) is 0 Å². The summed E-state index contributed by atoms with van der Waals surface area (Å²) in [6.07, 6.45) is 5.32. The van der Waals surface area contributed by atoms with Gasteiger partial charge in [-0.15, -0.1) is 0 Å². The molecule has 0 saturated carbocycles. The average Bonchev–Trinajstić information content (AvgIpc) is 2.34. The van der Waals surface area contributed by atoms with Gasteiger partial charge < -0.3 is 15.5 Å². The number of nitrogens with one attached hydrogen (secondary N) is 2. The third-order valence-electron chi connectivity index (χ3n) is 3.50. The summed E-state index contributed by atoms with van der Waals surface area (Å²) in [6.45, 7) is 10.1. The van der Waals surface area contributed by atoms with Crippen LogP contribution in [0.3, 0.4) is 0 Å². The number of hydrogen-bond acceptors (Lipinski definition) is 2. The highest BCUT2D eigenvalue weighted by atomic mass is 15.2. The highest BCUT2D eigenvalue weighted by molar-refractivity contribution is 5.79. The van der Waals surface area contributed by atoms with Crippen LogP contribution in [0.1, 0.15) is 46.5 Å². The van der Waals surface area contributed by atoms with Crippen molar-refractivity contribution < 1.29 is 0 Å². The lowest BCUT2D eigenvalue weighted by Gasteiger charge is -2.33. The lowest BCUT2D eigenvalue weighted by Crippen LogP contribution is -2.43. The van der Waals surface area contributed by atoms with Gasteiger partial charge in [0.15, 0.2) is 5.96 Å². The minimum absolute atomic E-state index is 0.429. The van der Waals surface area contributed by atoms with Crippen molar-refractivity contribution in [2.75, 3.05) is 26.7 Å². The smallest absolute Gasteiger partial charge is 0.191 e. The number of nitrogens with zero attached hydrogens (tertiary/aromatic N) is 2. The summed E-state index contributed by atoms with van der Waals surface area (Å²) in [5, 5.41) is 6.67. The van der Waals surface area contributed by atoms with Gasteiger partial charge in [-0.1, -0.05) is 6.42 Å². The van der Waals surface area contributed by atoms with Gasteiger partial charge >= 0.3 is 0 Å². The number of aliphatic imine (C=N–C) groups is 1. The van der Waals surface area contributed by atoms with E-state index in [1.165, 1.54) is 38.8 Å². The molecule has 1 atom stereocenters. The molecule has 4 nitrogen and oxygen atoms in total. The molecule has 1 aliphatic heterocycles. The van der Waals surface area contributed by atoms with Crippen molar-refractivity contribution >= 4 is 5.96 Å². The quantitative estimate of drug-likeness (QED) is 0.447. The van der Waals surface area contributed by atoms with E-state index in [4.69, 9.17) is 0 Å². The largest absolute Gasteiger partial charge is 0.356 e. The molecule has 1 saturated heterocycles. The topological polar surface area (TPSA) is 39.7 Å². The van der Waals surface area contributed by atoms with Gasteiger partial charge in [-0.05, 0) is 46.6 Å². The summed E-state index contributed by atoms with van der Waals surface area (Å²) >= 11 is 0. The molecule has 1 aliphatic rings. The summed E-state index contributed by atoms with van der Waals surface area (Å²) in [5.41, 5.74) is 0. The summed E-state index contributed by atoms with van der Waals surface area (Å²) < 4.78 is 0. The number of piperidine rings is 1. The number of rotatable bonds is 5. The maximum atomic E-state index is 4.21. The Bertz CT molecular complexity index is 250. The van der Waals surface area contributed by atoms with Gasteiger partial charge in [-0.3, -0.25) is 4.99 Å². The molecule has 106 valence electrons. The van der Waals surface area contributed by atoms with Crippen LogP contribution in [0.4, 0.5) is 0 Å². The second kappa shape index (κ2) is 8.35. The second-order valence-electron chi connectivity index (χ2n) is 5.53. The van der Waals surface area contributed by atoms with Crippen molar-refractivity contribution in [3.05, 3.63) is 0 Å². The van der Waals surface area contributed by atoms with E-state index in [0.29, 0.717) is 6.04 Å². The fourth-order valence-corrected chi connectivity index (χ4v) is 2.45. The minimum atomic E-state index is 0.429. The van der Waals surface area contributed by atoms with Gasteiger partial charge in [0.1, 0.15) is 0 Å². The summed E-state index contributed by atoms with van der Waals surface area (Å²) in [6, 6.07) is 1.20. The van der Waals surface area contributed by atoms with E-state index >= 15 is 0 Å². The lowest BCUT2D eigenvalue weighted by molar-refractivity contribution is 0.159. The monoisotopic (exact) mass is 254 g/mol. The minimum Gasteiger partial charge on any atom is -0.356 e. The van der Waals surface area contributed by atoms with Gasteiger partial charge in [0.05, 0.1) is 0 Å². The third kappa shape index (κ3) is 5.71. The maximum absolute atomic E-state index is 4.21. The fraction of sp³-hybridized carbons (Fsp3) is 0.929. The van der Waals surface area contributed by atoms with E-state index in [2.05, 4.69) is 41.3 Å². The van der Waals surface area contributed by atoms with Crippen molar-refractivity contribution in [2.24, 2.45) is 4.99 Å². The molecule has 0 aromatic heterocycles. The normalized spacial score (nSPS) is 22.3. The molecule has 2 N–H and O–H groups in total. The molecule has 0 aromatic carbocycles. The molecule has 18 heavy (non-hydrogen) atoms. The van der Waals surface area contributed by atoms with Gasteiger partial charge in [-0.2, -0.15) is 0 Å². The predicted octanol–water partition coefficient (Wildman–Crippen LogP) is 1.82. The van der Waals surface area contributed by atoms with Crippen LogP contribution in [0.15, 0.2) is 4.99 Å². The summed E-state index contributed by atoms with van der Waals surface area (Å²) in [5.74, 6) is 0.914. The van der Waals surface area contributed by atoms with Crippen LogP contribution < -0.4 is 10.6 Å². The average molecular weight is 254 g/mol. The fourth-order valence-electron chi connectivity index (χ4n) is 2.45. The Hall–Kier alpha value is -0.770. The Balaban J connectivity index is 2.13. The van der Waals surface area contributed by atoms with Gasteiger partial charge in [0, 0.05) is 32.2 Å². The molecule has 1 unspecified atom stereocenters. The Morgan fingerprint density at radius 1 is 1.39 bits per heavy atom. The van der Waals surface area contributed by atoms with E-state index in [1.54, 1.807) is 0 Å². The molecule has 1 rings (SSSR count). The highest BCUT2D eigenvalue weighted by Crippen LogP contribution is 2.15. The van der Waals surface area contributed by atoms with E-state index in [0.717, 1.165) is 18.5 Å². The van der Waals surface area contributed by atoms with Crippen molar-refractivity contribution in [1.29, 1.82) is 0 Å².